The highest BCUT2D eigenvalue weighted by Gasteiger charge is 2.13. The van der Waals surface area contributed by atoms with Gasteiger partial charge in [-0.05, 0) is 43.3 Å². The number of hydrogen-bond acceptors (Lipinski definition) is 3. The average molecular weight is 363 g/mol. The van der Waals surface area contributed by atoms with Crippen LogP contribution in [0.15, 0.2) is 59.5 Å². The maximum Gasteiger partial charge on any atom is 0.251 e. The third kappa shape index (κ3) is 5.91. The summed E-state index contributed by atoms with van der Waals surface area (Å²) in [6, 6.07) is 16.3. The Morgan fingerprint density at radius 2 is 1.62 bits per heavy atom. The Balaban J connectivity index is 1.69. The van der Waals surface area contributed by atoms with Crippen molar-refractivity contribution in [3.05, 3.63) is 65.2 Å². The number of hydrogen-bond donors (Lipinski definition) is 2. The number of nitrogens with one attached hydrogen (secondary N) is 2. The Morgan fingerprint density at radius 1 is 1.00 bits per heavy atom. The summed E-state index contributed by atoms with van der Waals surface area (Å²) in [5, 5.41) is 6.04. The van der Waals surface area contributed by atoms with E-state index in [1.54, 1.807) is 24.3 Å². The molecule has 0 fully saturated rings. The molecule has 126 valence electrons. The van der Waals surface area contributed by atoms with Crippen molar-refractivity contribution in [3.8, 4) is 0 Å². The second kappa shape index (κ2) is 9.35. The van der Waals surface area contributed by atoms with Crippen LogP contribution in [0.2, 0.25) is 5.02 Å². The quantitative estimate of drug-likeness (QED) is 0.586. The van der Waals surface area contributed by atoms with Gasteiger partial charge in [0.1, 0.15) is 0 Å². The predicted molar refractivity (Wildman–Crippen MR) is 98.6 cm³/mol. The van der Waals surface area contributed by atoms with Crippen molar-refractivity contribution in [3.63, 3.8) is 0 Å². The van der Waals surface area contributed by atoms with E-state index in [0.29, 0.717) is 23.7 Å². The van der Waals surface area contributed by atoms with Crippen molar-refractivity contribution < 1.29 is 9.59 Å². The maximum absolute atomic E-state index is 12.1. The third-order valence-corrected chi connectivity index (χ3v) is 4.61. The molecule has 1 atom stereocenters. The third-order valence-electron chi connectivity index (χ3n) is 3.24. The lowest BCUT2D eigenvalue weighted by molar-refractivity contribution is -0.120. The van der Waals surface area contributed by atoms with Crippen LogP contribution in [-0.2, 0) is 4.79 Å². The summed E-state index contributed by atoms with van der Waals surface area (Å²) in [6.07, 6.45) is 0. The second-order valence-corrected chi connectivity index (χ2v) is 6.98. The van der Waals surface area contributed by atoms with Crippen molar-refractivity contribution in [2.24, 2.45) is 0 Å². The molecule has 2 rings (SSSR count). The molecule has 0 aliphatic heterocycles. The van der Waals surface area contributed by atoms with Crippen LogP contribution in [0.25, 0.3) is 0 Å². The zero-order valence-corrected chi connectivity index (χ0v) is 14.9. The number of halogens is 1. The highest BCUT2D eigenvalue weighted by Crippen LogP contribution is 2.24. The van der Waals surface area contributed by atoms with Gasteiger partial charge in [-0.2, -0.15) is 0 Å². The smallest absolute Gasteiger partial charge is 0.251 e. The lowest BCUT2D eigenvalue weighted by Gasteiger charge is -2.12. The van der Waals surface area contributed by atoms with Gasteiger partial charge in [0.15, 0.2) is 0 Å². The van der Waals surface area contributed by atoms with Gasteiger partial charge in [0.05, 0.1) is 5.25 Å². The van der Waals surface area contributed by atoms with E-state index in [1.807, 2.05) is 37.3 Å². The average Bonchev–Trinajstić information content (AvgIpc) is 2.61. The molecule has 0 bridgehead atoms. The van der Waals surface area contributed by atoms with Gasteiger partial charge in [0.25, 0.3) is 5.91 Å². The first-order valence-corrected chi connectivity index (χ1v) is 8.85. The summed E-state index contributed by atoms with van der Waals surface area (Å²) in [6.45, 7) is 2.62. The predicted octanol–water partition coefficient (Wildman–Crippen LogP) is 3.37. The van der Waals surface area contributed by atoms with Gasteiger partial charge in [-0.15, -0.1) is 11.8 Å². The van der Waals surface area contributed by atoms with Crippen molar-refractivity contribution >= 4 is 35.2 Å². The molecule has 6 heteroatoms. The zero-order chi connectivity index (χ0) is 17.4. The molecule has 0 radical (unpaired) electrons. The fraction of sp³-hybridized carbons (Fsp3) is 0.222. The molecule has 0 unspecified atom stereocenters. The highest BCUT2D eigenvalue weighted by atomic mass is 35.5. The van der Waals surface area contributed by atoms with E-state index in [2.05, 4.69) is 10.6 Å². The molecule has 0 saturated heterocycles. The molecule has 2 aromatic carbocycles. The molecule has 0 aromatic heterocycles. The first-order chi connectivity index (χ1) is 11.6. The van der Waals surface area contributed by atoms with Crippen molar-refractivity contribution in [1.29, 1.82) is 0 Å². The van der Waals surface area contributed by atoms with Gasteiger partial charge in [0.2, 0.25) is 5.91 Å². The minimum absolute atomic E-state index is 0.0658. The number of carbonyl (C=O) groups excluding carboxylic acids is 2. The summed E-state index contributed by atoms with van der Waals surface area (Å²) in [5.41, 5.74) is 0.607. The van der Waals surface area contributed by atoms with Gasteiger partial charge >= 0.3 is 0 Å². The molecular weight excluding hydrogens is 344 g/mol. The fourth-order valence-electron chi connectivity index (χ4n) is 1.97. The first kappa shape index (κ1) is 18.4. The Bertz CT molecular complexity index is 677. The van der Waals surface area contributed by atoms with Crippen LogP contribution in [0, 0.1) is 0 Å². The molecule has 4 nitrogen and oxygen atoms in total. The summed E-state index contributed by atoms with van der Waals surface area (Å²) in [7, 11) is 0. The number of carbonyl (C=O) groups is 2. The van der Waals surface area contributed by atoms with Crippen LogP contribution < -0.4 is 10.6 Å². The Labute approximate surface area is 151 Å². The molecule has 0 heterocycles. The monoisotopic (exact) mass is 362 g/mol. The summed E-state index contributed by atoms with van der Waals surface area (Å²) >= 11 is 7.31. The lowest BCUT2D eigenvalue weighted by atomic mass is 10.2. The van der Waals surface area contributed by atoms with E-state index in [9.17, 15) is 9.59 Å². The van der Waals surface area contributed by atoms with Gasteiger partial charge in [-0.3, -0.25) is 9.59 Å². The normalized spacial score (nSPS) is 11.6. The maximum atomic E-state index is 12.1. The largest absolute Gasteiger partial charge is 0.353 e. The summed E-state index contributed by atoms with van der Waals surface area (Å²) < 4.78 is 0. The molecule has 2 aromatic rings. The minimum Gasteiger partial charge on any atom is -0.353 e. The van der Waals surface area contributed by atoms with Gasteiger partial charge < -0.3 is 10.6 Å². The molecule has 0 aliphatic carbocycles. The van der Waals surface area contributed by atoms with E-state index in [4.69, 9.17) is 11.6 Å². The van der Waals surface area contributed by atoms with Crippen molar-refractivity contribution in [1.82, 2.24) is 10.6 Å². The van der Waals surface area contributed by atoms with E-state index in [1.165, 1.54) is 11.8 Å². The second-order valence-electron chi connectivity index (χ2n) is 5.13. The standard InChI is InChI=1S/C18H19ClN2O2S/c1-13(24-16-9-7-15(19)8-10-16)17(22)20-11-12-21-18(23)14-5-3-2-4-6-14/h2-10,13H,11-12H2,1H3,(H,20,22)(H,21,23)/t13-/m0/s1. The van der Waals surface area contributed by atoms with E-state index in [-0.39, 0.29) is 17.1 Å². The van der Waals surface area contributed by atoms with Gasteiger partial charge in [-0.1, -0.05) is 29.8 Å². The van der Waals surface area contributed by atoms with Crippen LogP contribution >= 0.6 is 23.4 Å². The van der Waals surface area contributed by atoms with Crippen LogP contribution in [0.5, 0.6) is 0 Å². The molecule has 0 aliphatic rings. The fourth-order valence-corrected chi connectivity index (χ4v) is 2.99. The summed E-state index contributed by atoms with van der Waals surface area (Å²) in [5.74, 6) is -0.211. The lowest BCUT2D eigenvalue weighted by Crippen LogP contribution is -2.37. The molecule has 0 saturated carbocycles. The van der Waals surface area contributed by atoms with Crippen LogP contribution in [0.1, 0.15) is 17.3 Å². The van der Waals surface area contributed by atoms with Crippen molar-refractivity contribution in [2.75, 3.05) is 13.1 Å². The molecule has 24 heavy (non-hydrogen) atoms. The number of rotatable bonds is 7. The van der Waals surface area contributed by atoms with Crippen LogP contribution in [0.3, 0.4) is 0 Å². The van der Waals surface area contributed by atoms with Crippen molar-refractivity contribution in [2.45, 2.75) is 17.1 Å². The molecular formula is C18H19ClN2O2S. The van der Waals surface area contributed by atoms with Crippen LogP contribution in [0.4, 0.5) is 0 Å². The SMILES string of the molecule is C[C@H](Sc1ccc(Cl)cc1)C(=O)NCCNC(=O)c1ccccc1. The van der Waals surface area contributed by atoms with E-state index >= 15 is 0 Å². The van der Waals surface area contributed by atoms with E-state index < -0.39 is 0 Å². The first-order valence-electron chi connectivity index (χ1n) is 7.59. The van der Waals surface area contributed by atoms with Gasteiger partial charge in [-0.25, -0.2) is 0 Å². The Morgan fingerprint density at radius 3 is 2.29 bits per heavy atom. The van der Waals surface area contributed by atoms with Crippen LogP contribution in [-0.4, -0.2) is 30.2 Å². The molecule has 0 spiro atoms. The van der Waals surface area contributed by atoms with Gasteiger partial charge in [0, 0.05) is 28.6 Å². The molecule has 2 amide bonds. The number of benzene rings is 2. The Hall–Kier alpha value is -1.98. The Kier molecular flexibility index (Phi) is 7.15. The topological polar surface area (TPSA) is 58.2 Å². The van der Waals surface area contributed by atoms with E-state index in [0.717, 1.165) is 4.90 Å². The summed E-state index contributed by atoms with van der Waals surface area (Å²) in [4.78, 5) is 24.9. The molecule has 2 N–H and O–H groups in total. The highest BCUT2D eigenvalue weighted by molar-refractivity contribution is 8.00. The minimum atomic E-state index is -0.226. The number of thioether (sulfide) groups is 1. The number of amides is 2. The zero-order valence-electron chi connectivity index (χ0n) is 13.3.